The van der Waals surface area contributed by atoms with Crippen molar-refractivity contribution in [2.45, 2.75) is 32.2 Å². The zero-order chi connectivity index (χ0) is 19.3. The molecule has 1 atom stereocenters. The standard InChI is InChI=1S/C20H25N3O3S/c1-2-15-27(25,26)23-14-6-9-19(23)20(24)22-18-12-10-17(11-13-18)21-16-7-4-3-5-8-16/h3-5,7-8,10-13,19,21H,2,6,9,14-15H2,1H3,(H,22,24). The largest absolute Gasteiger partial charge is 0.356 e. The lowest BCUT2D eigenvalue weighted by Gasteiger charge is -2.23. The number of nitrogens with one attached hydrogen (secondary N) is 2. The molecule has 1 unspecified atom stereocenters. The average molecular weight is 388 g/mol. The van der Waals surface area contributed by atoms with E-state index in [-0.39, 0.29) is 11.7 Å². The molecule has 2 aromatic carbocycles. The van der Waals surface area contributed by atoms with Gasteiger partial charge in [-0.25, -0.2) is 8.42 Å². The van der Waals surface area contributed by atoms with E-state index in [4.69, 9.17) is 0 Å². The van der Waals surface area contributed by atoms with Crippen LogP contribution in [0.1, 0.15) is 26.2 Å². The predicted octanol–water partition coefficient (Wildman–Crippen LogP) is 3.57. The van der Waals surface area contributed by atoms with Crippen LogP contribution >= 0.6 is 0 Å². The lowest BCUT2D eigenvalue weighted by molar-refractivity contribution is -0.119. The second-order valence-electron chi connectivity index (χ2n) is 6.64. The Morgan fingerprint density at radius 3 is 2.33 bits per heavy atom. The number of benzene rings is 2. The van der Waals surface area contributed by atoms with Crippen LogP contribution in [0.4, 0.5) is 17.1 Å². The number of carbonyl (C=O) groups is 1. The average Bonchev–Trinajstić information content (AvgIpc) is 3.15. The van der Waals surface area contributed by atoms with Gasteiger partial charge in [-0.3, -0.25) is 4.79 Å². The van der Waals surface area contributed by atoms with E-state index in [0.29, 0.717) is 31.5 Å². The number of anilines is 3. The van der Waals surface area contributed by atoms with Gasteiger partial charge < -0.3 is 10.6 Å². The van der Waals surface area contributed by atoms with Gasteiger partial charge in [-0.05, 0) is 55.7 Å². The van der Waals surface area contributed by atoms with E-state index >= 15 is 0 Å². The van der Waals surface area contributed by atoms with Gasteiger partial charge in [0.25, 0.3) is 0 Å². The number of carbonyl (C=O) groups excluding carboxylic acids is 1. The fourth-order valence-electron chi connectivity index (χ4n) is 3.26. The van der Waals surface area contributed by atoms with E-state index in [9.17, 15) is 13.2 Å². The van der Waals surface area contributed by atoms with Crippen LogP contribution in [0.25, 0.3) is 0 Å². The maximum Gasteiger partial charge on any atom is 0.242 e. The highest BCUT2D eigenvalue weighted by Crippen LogP contribution is 2.24. The molecule has 0 spiro atoms. The minimum atomic E-state index is -3.38. The number of sulfonamides is 1. The Morgan fingerprint density at radius 1 is 1.04 bits per heavy atom. The molecule has 0 bridgehead atoms. The van der Waals surface area contributed by atoms with Crippen molar-refractivity contribution in [1.29, 1.82) is 0 Å². The Morgan fingerprint density at radius 2 is 1.67 bits per heavy atom. The summed E-state index contributed by atoms with van der Waals surface area (Å²) in [5, 5.41) is 6.13. The molecular weight excluding hydrogens is 362 g/mol. The van der Waals surface area contributed by atoms with Crippen molar-refractivity contribution in [2.24, 2.45) is 0 Å². The molecule has 3 rings (SSSR count). The molecule has 0 aromatic heterocycles. The SMILES string of the molecule is CCCS(=O)(=O)N1CCCC1C(=O)Nc1ccc(Nc2ccccc2)cc1. The number of hydrogen-bond donors (Lipinski definition) is 2. The first-order valence-corrected chi connectivity index (χ1v) is 10.8. The minimum Gasteiger partial charge on any atom is -0.356 e. The Hall–Kier alpha value is -2.38. The van der Waals surface area contributed by atoms with Gasteiger partial charge in [0.2, 0.25) is 15.9 Å². The summed E-state index contributed by atoms with van der Waals surface area (Å²) in [6.07, 6.45) is 1.81. The molecule has 0 saturated carbocycles. The summed E-state index contributed by atoms with van der Waals surface area (Å²) < 4.78 is 26.1. The van der Waals surface area contributed by atoms with Gasteiger partial charge >= 0.3 is 0 Å². The van der Waals surface area contributed by atoms with Crippen LogP contribution in [0.3, 0.4) is 0 Å². The molecule has 1 aliphatic heterocycles. The van der Waals surface area contributed by atoms with Crippen molar-refractivity contribution in [2.75, 3.05) is 22.9 Å². The van der Waals surface area contributed by atoms with Gasteiger partial charge in [0.05, 0.1) is 5.75 Å². The van der Waals surface area contributed by atoms with Crippen molar-refractivity contribution in [1.82, 2.24) is 4.31 Å². The van der Waals surface area contributed by atoms with Gasteiger partial charge in [0.15, 0.2) is 0 Å². The molecule has 7 heteroatoms. The normalized spacial score (nSPS) is 17.6. The summed E-state index contributed by atoms with van der Waals surface area (Å²) >= 11 is 0. The first-order valence-electron chi connectivity index (χ1n) is 9.22. The van der Waals surface area contributed by atoms with Crippen molar-refractivity contribution in [3.05, 3.63) is 54.6 Å². The quantitative estimate of drug-likeness (QED) is 0.761. The molecule has 27 heavy (non-hydrogen) atoms. The molecule has 1 saturated heterocycles. The fourth-order valence-corrected chi connectivity index (χ4v) is 5.01. The highest BCUT2D eigenvalue weighted by molar-refractivity contribution is 7.89. The Labute approximate surface area is 160 Å². The molecule has 1 fully saturated rings. The van der Waals surface area contributed by atoms with Crippen LogP contribution in [0.5, 0.6) is 0 Å². The van der Waals surface area contributed by atoms with Crippen molar-refractivity contribution in [3.8, 4) is 0 Å². The molecule has 1 aliphatic rings. The third-order valence-corrected chi connectivity index (χ3v) is 6.62. The summed E-state index contributed by atoms with van der Waals surface area (Å²) in [5.74, 6) is -0.188. The summed E-state index contributed by atoms with van der Waals surface area (Å²) in [6.45, 7) is 2.24. The van der Waals surface area contributed by atoms with Gasteiger partial charge in [0, 0.05) is 23.6 Å². The summed E-state index contributed by atoms with van der Waals surface area (Å²) in [6, 6.07) is 16.6. The molecule has 2 N–H and O–H groups in total. The van der Waals surface area contributed by atoms with Crippen LogP contribution in [0.15, 0.2) is 54.6 Å². The highest BCUT2D eigenvalue weighted by atomic mass is 32.2. The zero-order valence-corrected chi connectivity index (χ0v) is 16.2. The first-order chi connectivity index (χ1) is 13.0. The Bertz CT molecular complexity index is 867. The topological polar surface area (TPSA) is 78.5 Å². The molecule has 1 amide bonds. The van der Waals surface area contributed by atoms with Gasteiger partial charge in [-0.15, -0.1) is 0 Å². The molecular formula is C20H25N3O3S. The maximum atomic E-state index is 12.6. The monoisotopic (exact) mass is 387 g/mol. The fraction of sp³-hybridized carbons (Fsp3) is 0.350. The van der Waals surface area contributed by atoms with Crippen molar-refractivity contribution < 1.29 is 13.2 Å². The summed E-state index contributed by atoms with van der Waals surface area (Å²) in [4.78, 5) is 12.6. The molecule has 2 aromatic rings. The molecule has 0 aliphatic carbocycles. The number of amides is 1. The van der Waals surface area contributed by atoms with Crippen LogP contribution in [0.2, 0.25) is 0 Å². The number of hydrogen-bond acceptors (Lipinski definition) is 4. The molecule has 0 radical (unpaired) electrons. The predicted molar refractivity (Wildman–Crippen MR) is 109 cm³/mol. The highest BCUT2D eigenvalue weighted by Gasteiger charge is 2.37. The Kier molecular flexibility index (Phi) is 6.13. The Balaban J connectivity index is 1.63. The van der Waals surface area contributed by atoms with E-state index < -0.39 is 16.1 Å². The second kappa shape index (κ2) is 8.54. The third-order valence-electron chi connectivity index (χ3n) is 4.54. The second-order valence-corrected chi connectivity index (χ2v) is 8.68. The lowest BCUT2D eigenvalue weighted by atomic mass is 10.2. The van der Waals surface area contributed by atoms with Gasteiger partial charge in [0.1, 0.15) is 6.04 Å². The van der Waals surface area contributed by atoms with E-state index in [1.165, 1.54) is 4.31 Å². The zero-order valence-electron chi connectivity index (χ0n) is 15.4. The van der Waals surface area contributed by atoms with E-state index in [0.717, 1.165) is 11.4 Å². The molecule has 6 nitrogen and oxygen atoms in total. The van der Waals surface area contributed by atoms with E-state index in [1.807, 2.05) is 61.5 Å². The summed E-state index contributed by atoms with van der Waals surface area (Å²) in [7, 11) is -3.38. The lowest BCUT2D eigenvalue weighted by Crippen LogP contribution is -2.44. The van der Waals surface area contributed by atoms with E-state index in [2.05, 4.69) is 10.6 Å². The van der Waals surface area contributed by atoms with Crippen molar-refractivity contribution in [3.63, 3.8) is 0 Å². The minimum absolute atomic E-state index is 0.0800. The number of para-hydroxylation sites is 1. The van der Waals surface area contributed by atoms with Gasteiger partial charge in [-0.1, -0.05) is 25.1 Å². The van der Waals surface area contributed by atoms with Crippen LogP contribution in [0, 0.1) is 0 Å². The molecule has 144 valence electrons. The number of nitrogens with zero attached hydrogens (tertiary/aromatic N) is 1. The van der Waals surface area contributed by atoms with Gasteiger partial charge in [-0.2, -0.15) is 4.31 Å². The smallest absolute Gasteiger partial charge is 0.242 e. The van der Waals surface area contributed by atoms with Crippen LogP contribution in [-0.4, -0.2) is 37.0 Å². The first kappa shape index (κ1) is 19.4. The van der Waals surface area contributed by atoms with Crippen molar-refractivity contribution >= 4 is 33.0 Å². The van der Waals surface area contributed by atoms with E-state index in [1.54, 1.807) is 0 Å². The number of rotatable bonds is 7. The summed E-state index contributed by atoms with van der Waals surface area (Å²) in [5.41, 5.74) is 2.54. The van der Waals surface area contributed by atoms with Crippen LogP contribution < -0.4 is 10.6 Å². The maximum absolute atomic E-state index is 12.6. The third kappa shape index (κ3) is 4.87. The molecule has 1 heterocycles. The van der Waals surface area contributed by atoms with Crippen LogP contribution in [-0.2, 0) is 14.8 Å².